The summed E-state index contributed by atoms with van der Waals surface area (Å²) in [5.41, 5.74) is -3.08. The molecule has 0 atom stereocenters. The van der Waals surface area contributed by atoms with Crippen LogP contribution in [0, 0.1) is 23.3 Å². The number of carbonyl (C=O) groups is 1. The number of nitrogens with one attached hydrogen (secondary N) is 1. The first-order valence-corrected chi connectivity index (χ1v) is 5.30. The predicted octanol–water partition coefficient (Wildman–Crippen LogP) is -0.311. The molecule has 0 unspecified atom stereocenters. The summed E-state index contributed by atoms with van der Waals surface area (Å²) in [5.74, 6) is -9.38. The van der Waals surface area contributed by atoms with Crippen LogP contribution in [0.1, 0.15) is 10.4 Å². The van der Waals surface area contributed by atoms with Crippen molar-refractivity contribution in [2.75, 3.05) is 19.8 Å². The summed E-state index contributed by atoms with van der Waals surface area (Å²) >= 11 is 0. The highest BCUT2D eigenvalue weighted by atomic mass is 19.2. The Morgan fingerprint density at radius 1 is 1.00 bits per heavy atom. The number of hydrogen-bond donors (Lipinski definition) is 4. The number of benzene rings is 1. The quantitative estimate of drug-likeness (QED) is 0.341. The van der Waals surface area contributed by atoms with Gasteiger partial charge in [0.2, 0.25) is 0 Å². The van der Waals surface area contributed by atoms with Crippen LogP contribution in [-0.2, 0) is 0 Å². The van der Waals surface area contributed by atoms with Gasteiger partial charge in [0.25, 0.3) is 5.91 Å². The summed E-state index contributed by atoms with van der Waals surface area (Å²) in [5, 5.41) is 28.7. The van der Waals surface area contributed by atoms with Crippen molar-refractivity contribution in [3.8, 4) is 0 Å². The first-order valence-electron chi connectivity index (χ1n) is 5.30. The van der Waals surface area contributed by atoms with E-state index in [-0.39, 0.29) is 6.07 Å². The van der Waals surface area contributed by atoms with Crippen LogP contribution < -0.4 is 5.32 Å². The number of rotatable bonds is 5. The van der Waals surface area contributed by atoms with Crippen LogP contribution in [-0.4, -0.2) is 46.6 Å². The lowest BCUT2D eigenvalue weighted by molar-refractivity contribution is 0.0373. The molecule has 0 aliphatic carbocycles. The molecule has 0 saturated heterocycles. The van der Waals surface area contributed by atoms with Crippen molar-refractivity contribution in [2.24, 2.45) is 0 Å². The highest BCUT2D eigenvalue weighted by Gasteiger charge is 2.32. The maximum absolute atomic E-state index is 13.3. The van der Waals surface area contributed by atoms with Crippen LogP contribution >= 0.6 is 0 Å². The minimum absolute atomic E-state index is 0.125. The fourth-order valence-electron chi connectivity index (χ4n) is 1.31. The molecule has 4 N–H and O–H groups in total. The smallest absolute Gasteiger partial charge is 0.255 e. The standard InChI is InChI=1S/C11H11F4NO4/c12-6-1-5(7(13)9(15)8(6)14)10(20)16-11(2-17,3-18)4-19/h1,17-19H,2-4H2,(H,16,20). The van der Waals surface area contributed by atoms with Crippen molar-refractivity contribution in [3.63, 3.8) is 0 Å². The Kier molecular flexibility index (Phi) is 5.03. The molecule has 0 spiro atoms. The zero-order valence-electron chi connectivity index (χ0n) is 9.96. The fourth-order valence-corrected chi connectivity index (χ4v) is 1.31. The predicted molar refractivity (Wildman–Crippen MR) is 57.7 cm³/mol. The second-order valence-electron chi connectivity index (χ2n) is 4.06. The highest BCUT2D eigenvalue weighted by Crippen LogP contribution is 2.19. The summed E-state index contributed by atoms with van der Waals surface area (Å²) in [6.07, 6.45) is 0. The van der Waals surface area contributed by atoms with Crippen molar-refractivity contribution in [1.82, 2.24) is 5.32 Å². The molecular formula is C11H11F4NO4. The second-order valence-corrected chi connectivity index (χ2v) is 4.06. The van der Waals surface area contributed by atoms with E-state index in [9.17, 15) is 22.4 Å². The van der Waals surface area contributed by atoms with Gasteiger partial charge in [-0.3, -0.25) is 4.79 Å². The van der Waals surface area contributed by atoms with Gasteiger partial charge in [-0.1, -0.05) is 0 Å². The molecule has 0 aliphatic heterocycles. The minimum Gasteiger partial charge on any atom is -0.394 e. The zero-order valence-corrected chi connectivity index (χ0v) is 9.96. The fraction of sp³-hybridized carbons (Fsp3) is 0.364. The van der Waals surface area contributed by atoms with Crippen LogP contribution in [0.4, 0.5) is 17.6 Å². The van der Waals surface area contributed by atoms with Crippen LogP contribution in [0.3, 0.4) is 0 Å². The monoisotopic (exact) mass is 297 g/mol. The van der Waals surface area contributed by atoms with Crippen LogP contribution in [0.15, 0.2) is 6.07 Å². The molecular weight excluding hydrogens is 286 g/mol. The molecule has 112 valence electrons. The van der Waals surface area contributed by atoms with E-state index >= 15 is 0 Å². The lowest BCUT2D eigenvalue weighted by Gasteiger charge is -2.28. The van der Waals surface area contributed by atoms with Crippen molar-refractivity contribution < 1.29 is 37.7 Å². The number of aliphatic hydroxyl groups excluding tert-OH is 3. The molecule has 0 aliphatic rings. The van der Waals surface area contributed by atoms with Gasteiger partial charge in [0.05, 0.1) is 25.4 Å². The summed E-state index contributed by atoms with van der Waals surface area (Å²) in [7, 11) is 0. The summed E-state index contributed by atoms with van der Waals surface area (Å²) in [4.78, 5) is 11.6. The van der Waals surface area contributed by atoms with E-state index in [1.54, 1.807) is 0 Å². The van der Waals surface area contributed by atoms with Crippen LogP contribution in [0.25, 0.3) is 0 Å². The van der Waals surface area contributed by atoms with Gasteiger partial charge in [-0.25, -0.2) is 17.6 Å². The van der Waals surface area contributed by atoms with E-state index in [4.69, 9.17) is 15.3 Å². The third-order valence-corrected chi connectivity index (χ3v) is 2.63. The van der Waals surface area contributed by atoms with E-state index in [1.807, 2.05) is 5.32 Å². The number of hydrogen-bond acceptors (Lipinski definition) is 4. The van der Waals surface area contributed by atoms with E-state index in [2.05, 4.69) is 0 Å². The topological polar surface area (TPSA) is 89.8 Å². The summed E-state index contributed by atoms with van der Waals surface area (Å²) < 4.78 is 52.0. The Bertz CT molecular complexity index is 511. The maximum Gasteiger partial charge on any atom is 0.255 e. The van der Waals surface area contributed by atoms with Gasteiger partial charge >= 0.3 is 0 Å². The van der Waals surface area contributed by atoms with Crippen molar-refractivity contribution >= 4 is 5.91 Å². The molecule has 0 fully saturated rings. The first-order chi connectivity index (χ1) is 9.31. The van der Waals surface area contributed by atoms with E-state index in [0.29, 0.717) is 0 Å². The SMILES string of the molecule is O=C(NC(CO)(CO)CO)c1cc(F)c(F)c(F)c1F. The molecule has 20 heavy (non-hydrogen) atoms. The number of aliphatic hydroxyl groups is 3. The molecule has 0 radical (unpaired) electrons. The Hall–Kier alpha value is -1.71. The summed E-state index contributed by atoms with van der Waals surface area (Å²) in [6, 6.07) is 0.125. The van der Waals surface area contributed by atoms with Gasteiger partial charge in [0, 0.05) is 0 Å². The summed E-state index contributed by atoms with van der Waals surface area (Å²) in [6.45, 7) is -2.75. The van der Waals surface area contributed by atoms with Gasteiger partial charge in [0.1, 0.15) is 5.54 Å². The number of halogens is 4. The Labute approximate surface area is 110 Å². The van der Waals surface area contributed by atoms with E-state index in [1.165, 1.54) is 0 Å². The molecule has 0 bridgehead atoms. The minimum atomic E-state index is -2.17. The molecule has 9 heteroatoms. The third kappa shape index (κ3) is 2.89. The molecule has 0 heterocycles. The average molecular weight is 297 g/mol. The maximum atomic E-state index is 13.3. The molecule has 1 rings (SSSR count). The highest BCUT2D eigenvalue weighted by molar-refractivity contribution is 5.95. The molecule has 0 saturated carbocycles. The van der Waals surface area contributed by atoms with Crippen LogP contribution in [0.5, 0.6) is 0 Å². The lowest BCUT2D eigenvalue weighted by atomic mass is 10.0. The Morgan fingerprint density at radius 3 is 1.95 bits per heavy atom. The molecule has 1 aromatic rings. The van der Waals surface area contributed by atoms with E-state index in [0.717, 1.165) is 0 Å². The van der Waals surface area contributed by atoms with Crippen LogP contribution in [0.2, 0.25) is 0 Å². The molecule has 5 nitrogen and oxygen atoms in total. The van der Waals surface area contributed by atoms with Gasteiger partial charge in [-0.2, -0.15) is 0 Å². The zero-order chi connectivity index (χ0) is 15.5. The lowest BCUT2D eigenvalue weighted by Crippen LogP contribution is -2.57. The second kappa shape index (κ2) is 6.16. The third-order valence-electron chi connectivity index (χ3n) is 2.63. The van der Waals surface area contributed by atoms with Gasteiger partial charge < -0.3 is 20.6 Å². The van der Waals surface area contributed by atoms with Gasteiger partial charge in [0.15, 0.2) is 23.3 Å². The molecule has 1 aromatic carbocycles. The van der Waals surface area contributed by atoms with Crippen molar-refractivity contribution in [1.29, 1.82) is 0 Å². The Balaban J connectivity index is 3.17. The van der Waals surface area contributed by atoms with Crippen molar-refractivity contribution in [2.45, 2.75) is 5.54 Å². The normalized spacial score (nSPS) is 11.6. The first kappa shape index (κ1) is 16.3. The largest absolute Gasteiger partial charge is 0.394 e. The number of amides is 1. The van der Waals surface area contributed by atoms with Gasteiger partial charge in [-0.15, -0.1) is 0 Å². The average Bonchev–Trinajstić information content (AvgIpc) is 2.46. The molecule has 0 aromatic heterocycles. The number of carbonyl (C=O) groups excluding carboxylic acids is 1. The Morgan fingerprint density at radius 2 is 1.50 bits per heavy atom. The van der Waals surface area contributed by atoms with Gasteiger partial charge in [-0.05, 0) is 6.07 Å². The van der Waals surface area contributed by atoms with E-state index < -0.39 is 60.1 Å². The molecule has 1 amide bonds. The van der Waals surface area contributed by atoms with Crippen molar-refractivity contribution in [3.05, 3.63) is 34.9 Å².